The lowest BCUT2D eigenvalue weighted by molar-refractivity contribution is -0.145. The fraction of sp³-hybridized carbons (Fsp3) is 0.467. The largest absolute Gasteiger partial charge is 0.481 e. The Kier molecular flexibility index (Phi) is 4.39. The highest BCUT2D eigenvalue weighted by atomic mass is 16.4. The van der Waals surface area contributed by atoms with E-state index in [9.17, 15) is 19.8 Å². The normalized spacial score (nSPS) is 25.4. The molecule has 1 aliphatic rings. The molecule has 3 atom stereocenters. The van der Waals surface area contributed by atoms with Crippen LogP contribution in [-0.2, 0) is 16.2 Å². The zero-order valence-corrected chi connectivity index (χ0v) is 11.4. The van der Waals surface area contributed by atoms with Gasteiger partial charge in [0.15, 0.2) is 0 Å². The van der Waals surface area contributed by atoms with Crippen LogP contribution in [0.1, 0.15) is 25.3 Å². The second-order valence-electron chi connectivity index (χ2n) is 5.43. The maximum Gasteiger partial charge on any atom is 0.307 e. The van der Waals surface area contributed by atoms with E-state index in [1.54, 1.807) is 24.3 Å². The first-order valence-corrected chi connectivity index (χ1v) is 6.75. The van der Waals surface area contributed by atoms with Crippen LogP contribution in [0.25, 0.3) is 0 Å². The van der Waals surface area contributed by atoms with Gasteiger partial charge in [-0.25, -0.2) is 0 Å². The molecule has 0 aromatic heterocycles. The van der Waals surface area contributed by atoms with Crippen molar-refractivity contribution in [1.29, 1.82) is 0 Å². The molecule has 5 nitrogen and oxygen atoms in total. The van der Waals surface area contributed by atoms with E-state index < -0.39 is 17.8 Å². The summed E-state index contributed by atoms with van der Waals surface area (Å²) in [6.07, 6.45) is 1.12. The van der Waals surface area contributed by atoms with Gasteiger partial charge in [0.25, 0.3) is 0 Å². The molecule has 5 heteroatoms. The van der Waals surface area contributed by atoms with Gasteiger partial charge in [-0.05, 0) is 24.8 Å². The van der Waals surface area contributed by atoms with Crippen LogP contribution in [0, 0.1) is 17.8 Å². The quantitative estimate of drug-likeness (QED) is 0.784. The number of rotatable bonds is 4. The number of carbonyl (C=O) groups excluding carboxylic acids is 1. The van der Waals surface area contributed by atoms with Gasteiger partial charge in [0, 0.05) is 11.3 Å². The highest BCUT2D eigenvalue weighted by Crippen LogP contribution is 2.37. The predicted octanol–water partition coefficient (Wildman–Crippen LogP) is 1.86. The van der Waals surface area contributed by atoms with Crippen molar-refractivity contribution in [3.63, 3.8) is 0 Å². The SMILES string of the molecule is CC1C[C@H](C(=O)Nc2ccccc2CO)[C@H](C(=O)O)C1. The Morgan fingerprint density at radius 2 is 1.90 bits per heavy atom. The fourth-order valence-electron chi connectivity index (χ4n) is 2.86. The van der Waals surface area contributed by atoms with Gasteiger partial charge in [-0.3, -0.25) is 9.59 Å². The van der Waals surface area contributed by atoms with Crippen LogP contribution in [0.3, 0.4) is 0 Å². The standard InChI is InChI=1S/C15H19NO4/c1-9-6-11(12(7-9)15(19)20)14(18)16-13-5-3-2-4-10(13)8-17/h2-5,9,11-12,17H,6-8H2,1H3,(H,16,18)(H,19,20)/t9?,11-,12+/m0/s1. The van der Waals surface area contributed by atoms with E-state index in [-0.39, 0.29) is 18.4 Å². The molecular formula is C15H19NO4. The van der Waals surface area contributed by atoms with E-state index in [0.717, 1.165) is 0 Å². The first-order valence-electron chi connectivity index (χ1n) is 6.75. The number of hydrogen-bond donors (Lipinski definition) is 3. The molecule has 0 aliphatic heterocycles. The van der Waals surface area contributed by atoms with Crippen LogP contribution < -0.4 is 5.32 Å². The summed E-state index contributed by atoms with van der Waals surface area (Å²) in [7, 11) is 0. The van der Waals surface area contributed by atoms with Crippen molar-refractivity contribution in [2.75, 3.05) is 5.32 Å². The molecule has 1 amide bonds. The molecule has 0 bridgehead atoms. The molecule has 20 heavy (non-hydrogen) atoms. The average Bonchev–Trinajstić information content (AvgIpc) is 2.82. The Hall–Kier alpha value is -1.88. The summed E-state index contributed by atoms with van der Waals surface area (Å²) >= 11 is 0. The van der Waals surface area contributed by atoms with E-state index in [2.05, 4.69) is 5.32 Å². The summed E-state index contributed by atoms with van der Waals surface area (Å²) < 4.78 is 0. The third-order valence-electron chi connectivity index (χ3n) is 3.90. The summed E-state index contributed by atoms with van der Waals surface area (Å²) in [6.45, 7) is 1.80. The zero-order chi connectivity index (χ0) is 14.7. The molecular weight excluding hydrogens is 258 g/mol. The van der Waals surface area contributed by atoms with Crippen molar-refractivity contribution in [3.8, 4) is 0 Å². The van der Waals surface area contributed by atoms with Gasteiger partial charge in [0.2, 0.25) is 5.91 Å². The summed E-state index contributed by atoms with van der Waals surface area (Å²) in [6, 6.07) is 6.97. The lowest BCUT2D eigenvalue weighted by Crippen LogP contribution is -2.30. The zero-order valence-electron chi connectivity index (χ0n) is 11.4. The average molecular weight is 277 g/mol. The van der Waals surface area contributed by atoms with Gasteiger partial charge in [-0.15, -0.1) is 0 Å². The van der Waals surface area contributed by atoms with Crippen molar-refractivity contribution in [2.45, 2.75) is 26.4 Å². The number of aliphatic hydroxyl groups excluding tert-OH is 1. The molecule has 0 heterocycles. The molecule has 2 rings (SSSR count). The summed E-state index contributed by atoms with van der Waals surface area (Å²) in [4.78, 5) is 23.5. The number of amides is 1. The number of anilines is 1. The van der Waals surface area contributed by atoms with Gasteiger partial charge < -0.3 is 15.5 Å². The highest BCUT2D eigenvalue weighted by molar-refractivity contribution is 5.96. The number of carbonyl (C=O) groups is 2. The van der Waals surface area contributed by atoms with Crippen molar-refractivity contribution in [3.05, 3.63) is 29.8 Å². The number of para-hydroxylation sites is 1. The third kappa shape index (κ3) is 2.99. The molecule has 1 saturated carbocycles. The van der Waals surface area contributed by atoms with Crippen LogP contribution in [0.15, 0.2) is 24.3 Å². The van der Waals surface area contributed by atoms with Crippen molar-refractivity contribution < 1.29 is 19.8 Å². The number of carboxylic acids is 1. The Morgan fingerprint density at radius 3 is 2.55 bits per heavy atom. The Morgan fingerprint density at radius 1 is 1.25 bits per heavy atom. The molecule has 1 aliphatic carbocycles. The van der Waals surface area contributed by atoms with Crippen LogP contribution >= 0.6 is 0 Å². The molecule has 108 valence electrons. The molecule has 1 fully saturated rings. The van der Waals surface area contributed by atoms with Gasteiger partial charge >= 0.3 is 5.97 Å². The van der Waals surface area contributed by atoms with E-state index in [1.807, 2.05) is 6.92 Å². The highest BCUT2D eigenvalue weighted by Gasteiger charge is 2.41. The van der Waals surface area contributed by atoms with Crippen LogP contribution in [-0.4, -0.2) is 22.1 Å². The smallest absolute Gasteiger partial charge is 0.307 e. The van der Waals surface area contributed by atoms with Gasteiger partial charge in [-0.2, -0.15) is 0 Å². The topological polar surface area (TPSA) is 86.6 Å². The van der Waals surface area contributed by atoms with Crippen molar-refractivity contribution in [1.82, 2.24) is 0 Å². The minimum absolute atomic E-state index is 0.167. The first-order chi connectivity index (χ1) is 9.52. The second-order valence-corrected chi connectivity index (χ2v) is 5.43. The number of carboxylic acid groups (broad SMARTS) is 1. The molecule has 3 N–H and O–H groups in total. The second kappa shape index (κ2) is 6.05. The third-order valence-corrected chi connectivity index (χ3v) is 3.90. The minimum Gasteiger partial charge on any atom is -0.481 e. The lowest BCUT2D eigenvalue weighted by Gasteiger charge is -2.16. The number of hydrogen-bond acceptors (Lipinski definition) is 3. The molecule has 1 unspecified atom stereocenters. The van der Waals surface area contributed by atoms with Crippen LogP contribution in [0.2, 0.25) is 0 Å². The predicted molar refractivity (Wildman–Crippen MR) is 74.0 cm³/mol. The first kappa shape index (κ1) is 14.5. The molecule has 0 saturated heterocycles. The Labute approximate surface area is 117 Å². The van der Waals surface area contributed by atoms with Gasteiger partial charge in [-0.1, -0.05) is 25.1 Å². The van der Waals surface area contributed by atoms with E-state index >= 15 is 0 Å². The fourth-order valence-corrected chi connectivity index (χ4v) is 2.86. The molecule has 0 radical (unpaired) electrons. The van der Waals surface area contributed by atoms with E-state index in [1.165, 1.54) is 0 Å². The minimum atomic E-state index is -0.912. The van der Waals surface area contributed by atoms with Gasteiger partial charge in [0.1, 0.15) is 0 Å². The van der Waals surface area contributed by atoms with E-state index in [4.69, 9.17) is 0 Å². The number of benzene rings is 1. The Bertz CT molecular complexity index is 514. The number of nitrogens with one attached hydrogen (secondary N) is 1. The number of aliphatic hydroxyl groups is 1. The van der Waals surface area contributed by atoms with Crippen molar-refractivity contribution >= 4 is 17.6 Å². The Balaban J connectivity index is 2.13. The monoisotopic (exact) mass is 277 g/mol. The molecule has 1 aromatic rings. The summed E-state index contributed by atoms with van der Waals surface area (Å²) in [5, 5.41) is 21.2. The summed E-state index contributed by atoms with van der Waals surface area (Å²) in [5.74, 6) is -2.08. The summed E-state index contributed by atoms with van der Waals surface area (Å²) in [5.41, 5.74) is 1.17. The molecule has 1 aromatic carbocycles. The number of aliphatic carboxylic acids is 1. The van der Waals surface area contributed by atoms with Crippen molar-refractivity contribution in [2.24, 2.45) is 17.8 Å². The maximum atomic E-state index is 12.3. The van der Waals surface area contributed by atoms with Gasteiger partial charge in [0.05, 0.1) is 18.4 Å². The maximum absolute atomic E-state index is 12.3. The van der Waals surface area contributed by atoms with Crippen LogP contribution in [0.4, 0.5) is 5.69 Å². The molecule has 0 spiro atoms. The lowest BCUT2D eigenvalue weighted by atomic mass is 9.95. The van der Waals surface area contributed by atoms with Crippen LogP contribution in [0.5, 0.6) is 0 Å². The van der Waals surface area contributed by atoms with E-state index in [0.29, 0.717) is 24.1 Å².